The molecule has 0 amide bonds. The topological polar surface area (TPSA) is 46.2 Å². The first-order chi connectivity index (χ1) is 12.2. The van der Waals surface area contributed by atoms with Gasteiger partial charge in [0, 0.05) is 21.8 Å². The number of aliphatic hydroxyl groups is 1. The van der Waals surface area contributed by atoms with E-state index in [1.54, 1.807) is 0 Å². The standard InChI is InChI=1S/C22H29NOS/c1-3-5-11-19-17(4-2)22(24)21(15-9-7-6-8-10-15)18-14-16(23)12-13-20(18)25-19/h6-10,12-14,17,19,21-22,24H,3-5,11,23H2,1-2H3. The average Bonchev–Trinajstić information content (AvgIpc) is 2.74. The molecule has 0 saturated heterocycles. The van der Waals surface area contributed by atoms with Crippen LogP contribution in [0, 0.1) is 5.92 Å². The zero-order valence-electron chi connectivity index (χ0n) is 15.2. The fourth-order valence-corrected chi connectivity index (χ4v) is 5.65. The van der Waals surface area contributed by atoms with Gasteiger partial charge in [0.2, 0.25) is 0 Å². The van der Waals surface area contributed by atoms with Crippen LogP contribution in [0.1, 0.15) is 56.6 Å². The van der Waals surface area contributed by atoms with Crippen molar-refractivity contribution in [3.05, 3.63) is 59.7 Å². The first-order valence-electron chi connectivity index (χ1n) is 9.44. The van der Waals surface area contributed by atoms with E-state index in [-0.39, 0.29) is 17.9 Å². The molecular formula is C22H29NOS. The molecule has 0 spiro atoms. The zero-order chi connectivity index (χ0) is 17.8. The molecule has 4 unspecified atom stereocenters. The number of fused-ring (bicyclic) bond motifs is 1. The van der Waals surface area contributed by atoms with Crippen LogP contribution in [0.4, 0.5) is 5.69 Å². The van der Waals surface area contributed by atoms with Gasteiger partial charge in [-0.15, -0.1) is 11.8 Å². The maximum atomic E-state index is 11.4. The number of rotatable bonds is 5. The number of unbranched alkanes of at least 4 members (excludes halogenated alkanes) is 1. The number of hydrogen-bond acceptors (Lipinski definition) is 3. The van der Waals surface area contributed by atoms with Gasteiger partial charge in [-0.1, -0.05) is 57.0 Å². The lowest BCUT2D eigenvalue weighted by molar-refractivity contribution is 0.0872. The highest BCUT2D eigenvalue weighted by atomic mass is 32.2. The van der Waals surface area contributed by atoms with Crippen LogP contribution < -0.4 is 5.73 Å². The Kier molecular flexibility index (Phi) is 6.08. The number of hydrogen-bond donors (Lipinski definition) is 2. The van der Waals surface area contributed by atoms with Crippen molar-refractivity contribution in [3.63, 3.8) is 0 Å². The number of aliphatic hydroxyl groups excluding tert-OH is 1. The van der Waals surface area contributed by atoms with Gasteiger partial charge < -0.3 is 10.8 Å². The van der Waals surface area contributed by atoms with Crippen LogP contribution in [0.2, 0.25) is 0 Å². The van der Waals surface area contributed by atoms with E-state index >= 15 is 0 Å². The molecule has 25 heavy (non-hydrogen) atoms. The minimum Gasteiger partial charge on any atom is -0.399 e. The van der Waals surface area contributed by atoms with Crippen LogP contribution in [-0.2, 0) is 0 Å². The molecule has 2 nitrogen and oxygen atoms in total. The second kappa shape index (κ2) is 8.29. The average molecular weight is 356 g/mol. The normalized spacial score (nSPS) is 26.0. The van der Waals surface area contributed by atoms with Gasteiger partial charge in [-0.25, -0.2) is 0 Å². The molecule has 0 bridgehead atoms. The Balaban J connectivity index is 2.09. The fourth-order valence-electron chi connectivity index (χ4n) is 4.04. The Hall–Kier alpha value is -1.45. The quantitative estimate of drug-likeness (QED) is 0.701. The zero-order valence-corrected chi connectivity index (χ0v) is 16.0. The Bertz CT molecular complexity index is 688. The molecule has 0 fully saturated rings. The lowest BCUT2D eigenvalue weighted by atomic mass is 9.78. The predicted molar refractivity (Wildman–Crippen MR) is 108 cm³/mol. The second-order valence-corrected chi connectivity index (χ2v) is 8.33. The van der Waals surface area contributed by atoms with Crippen molar-refractivity contribution in [2.75, 3.05) is 5.73 Å². The lowest BCUT2D eigenvalue weighted by Gasteiger charge is -2.31. The van der Waals surface area contributed by atoms with E-state index in [1.165, 1.54) is 28.9 Å². The SMILES string of the molecule is CCCCC1Sc2ccc(N)cc2C(c2ccccc2)C(O)C1CC. The molecule has 3 N–H and O–H groups in total. The number of nitrogen functional groups attached to an aromatic ring is 1. The third kappa shape index (κ3) is 3.88. The molecular weight excluding hydrogens is 326 g/mol. The minimum absolute atomic E-state index is 0.0104. The van der Waals surface area contributed by atoms with E-state index in [9.17, 15) is 5.11 Å². The van der Waals surface area contributed by atoms with Gasteiger partial charge in [-0.3, -0.25) is 0 Å². The second-order valence-electron chi connectivity index (χ2n) is 7.05. The van der Waals surface area contributed by atoms with Gasteiger partial charge >= 0.3 is 0 Å². The summed E-state index contributed by atoms with van der Waals surface area (Å²) in [7, 11) is 0. The highest BCUT2D eigenvalue weighted by Gasteiger charge is 2.38. The summed E-state index contributed by atoms with van der Waals surface area (Å²) in [6.07, 6.45) is 4.17. The largest absolute Gasteiger partial charge is 0.399 e. The predicted octanol–water partition coefficient (Wildman–Crippen LogP) is 5.45. The van der Waals surface area contributed by atoms with Crippen LogP contribution in [-0.4, -0.2) is 16.5 Å². The van der Waals surface area contributed by atoms with E-state index in [4.69, 9.17) is 5.73 Å². The molecule has 3 heteroatoms. The number of thioether (sulfide) groups is 1. The Morgan fingerprint density at radius 3 is 2.52 bits per heavy atom. The molecule has 2 aromatic rings. The van der Waals surface area contributed by atoms with Crippen molar-refractivity contribution in [3.8, 4) is 0 Å². The van der Waals surface area contributed by atoms with Crippen molar-refractivity contribution in [2.24, 2.45) is 5.92 Å². The molecule has 0 saturated carbocycles. The van der Waals surface area contributed by atoms with Gasteiger partial charge in [0.05, 0.1) is 6.10 Å². The van der Waals surface area contributed by atoms with Crippen LogP contribution in [0.15, 0.2) is 53.4 Å². The third-order valence-electron chi connectivity index (χ3n) is 5.38. The monoisotopic (exact) mass is 355 g/mol. The van der Waals surface area contributed by atoms with E-state index in [0.29, 0.717) is 5.25 Å². The molecule has 0 aliphatic carbocycles. The Morgan fingerprint density at radius 2 is 1.84 bits per heavy atom. The van der Waals surface area contributed by atoms with Gasteiger partial charge in [-0.05, 0) is 48.1 Å². The van der Waals surface area contributed by atoms with Crippen molar-refractivity contribution in [1.82, 2.24) is 0 Å². The minimum atomic E-state index is -0.384. The van der Waals surface area contributed by atoms with Crippen LogP contribution >= 0.6 is 11.8 Å². The summed E-state index contributed by atoms with van der Waals surface area (Å²) < 4.78 is 0. The summed E-state index contributed by atoms with van der Waals surface area (Å²) in [5.41, 5.74) is 9.24. The van der Waals surface area contributed by atoms with E-state index in [1.807, 2.05) is 23.9 Å². The van der Waals surface area contributed by atoms with Crippen LogP contribution in [0.25, 0.3) is 0 Å². The molecule has 0 aromatic heterocycles. The van der Waals surface area contributed by atoms with E-state index in [2.05, 4.69) is 50.2 Å². The van der Waals surface area contributed by atoms with Crippen molar-refractivity contribution in [2.45, 2.75) is 61.7 Å². The van der Waals surface area contributed by atoms with Crippen LogP contribution in [0.5, 0.6) is 0 Å². The number of anilines is 1. The number of benzene rings is 2. The highest BCUT2D eigenvalue weighted by Crippen LogP contribution is 2.48. The molecule has 134 valence electrons. The molecule has 0 radical (unpaired) electrons. The van der Waals surface area contributed by atoms with Crippen molar-refractivity contribution in [1.29, 1.82) is 0 Å². The van der Waals surface area contributed by atoms with Gasteiger partial charge in [-0.2, -0.15) is 0 Å². The van der Waals surface area contributed by atoms with Crippen molar-refractivity contribution < 1.29 is 5.11 Å². The van der Waals surface area contributed by atoms with Gasteiger partial charge in [0.25, 0.3) is 0 Å². The Labute approximate surface area is 155 Å². The van der Waals surface area contributed by atoms with Gasteiger partial charge in [0.15, 0.2) is 0 Å². The lowest BCUT2D eigenvalue weighted by Crippen LogP contribution is -2.33. The number of nitrogens with two attached hydrogens (primary N) is 1. The molecule has 1 heterocycles. The molecule has 1 aliphatic rings. The van der Waals surface area contributed by atoms with Crippen LogP contribution in [0.3, 0.4) is 0 Å². The first kappa shape index (κ1) is 18.3. The van der Waals surface area contributed by atoms with Crippen molar-refractivity contribution >= 4 is 17.4 Å². The summed E-state index contributed by atoms with van der Waals surface area (Å²) in [4.78, 5) is 1.28. The smallest absolute Gasteiger partial charge is 0.0688 e. The maximum absolute atomic E-state index is 11.4. The summed E-state index contributed by atoms with van der Waals surface area (Å²) in [6, 6.07) is 16.6. The first-order valence-corrected chi connectivity index (χ1v) is 10.3. The third-order valence-corrected chi connectivity index (χ3v) is 6.89. The Morgan fingerprint density at radius 1 is 1.08 bits per heavy atom. The highest BCUT2D eigenvalue weighted by molar-refractivity contribution is 8.00. The fraction of sp³-hybridized carbons (Fsp3) is 0.455. The summed E-state index contributed by atoms with van der Waals surface area (Å²) in [5, 5.41) is 11.9. The van der Waals surface area contributed by atoms with Gasteiger partial charge in [0.1, 0.15) is 0 Å². The maximum Gasteiger partial charge on any atom is 0.0688 e. The molecule has 1 aliphatic heterocycles. The molecule has 4 atom stereocenters. The summed E-state index contributed by atoms with van der Waals surface area (Å²) in [5.74, 6) is 0.277. The molecule has 2 aromatic carbocycles. The van der Waals surface area contributed by atoms with E-state index < -0.39 is 0 Å². The summed E-state index contributed by atoms with van der Waals surface area (Å²) in [6.45, 7) is 4.44. The molecule has 3 rings (SSSR count). The van der Waals surface area contributed by atoms with E-state index in [0.717, 1.165) is 18.5 Å². The summed E-state index contributed by atoms with van der Waals surface area (Å²) >= 11 is 1.95.